The second kappa shape index (κ2) is 2.47. The highest BCUT2D eigenvalue weighted by Crippen LogP contribution is 2.10. The van der Waals surface area contributed by atoms with Crippen molar-refractivity contribution in [2.75, 3.05) is 0 Å². The summed E-state index contributed by atoms with van der Waals surface area (Å²) in [5, 5.41) is 7.62. The summed E-state index contributed by atoms with van der Waals surface area (Å²) in [6.45, 7) is 2.07. The van der Waals surface area contributed by atoms with E-state index in [4.69, 9.17) is 0 Å². The molecule has 0 unspecified atom stereocenters. The Morgan fingerprint density at radius 1 is 1.67 bits per heavy atom. The Balaban J connectivity index is 3.07. The third kappa shape index (κ3) is 1.13. The van der Waals surface area contributed by atoms with Gasteiger partial charge in [-0.15, -0.1) is 5.10 Å². The molecule has 0 spiro atoms. The lowest BCUT2D eigenvalue weighted by molar-refractivity contribution is 0.682. The van der Waals surface area contributed by atoms with Gasteiger partial charge in [-0.25, -0.2) is 0 Å². The summed E-state index contributed by atoms with van der Waals surface area (Å²) >= 11 is 3.28. The third-order valence-electron chi connectivity index (χ3n) is 1.23. The fraction of sp³-hybridized carbons (Fsp3) is 0.600. The smallest absolute Gasteiger partial charge is 0.151 e. The summed E-state index contributed by atoms with van der Waals surface area (Å²) < 4.78 is 2.62. The molecule has 1 heterocycles. The van der Waals surface area contributed by atoms with Gasteiger partial charge in [0.1, 0.15) is 0 Å². The molecule has 3 nitrogen and oxygen atoms in total. The number of halogens is 1. The summed E-state index contributed by atoms with van der Waals surface area (Å²) in [4.78, 5) is 0. The molecule has 0 aliphatic heterocycles. The van der Waals surface area contributed by atoms with Gasteiger partial charge in [0.05, 0.1) is 5.69 Å². The predicted molar refractivity (Wildman–Crippen MR) is 38.1 cm³/mol. The third-order valence-corrected chi connectivity index (χ3v) is 1.85. The van der Waals surface area contributed by atoms with E-state index in [-0.39, 0.29) is 0 Å². The zero-order chi connectivity index (χ0) is 6.85. The Morgan fingerprint density at radius 2 is 2.33 bits per heavy atom. The molecular formula is C5H8BrN3. The molecule has 1 rings (SSSR count). The van der Waals surface area contributed by atoms with Crippen LogP contribution in [0.5, 0.6) is 0 Å². The Kier molecular flexibility index (Phi) is 1.85. The lowest BCUT2D eigenvalue weighted by Crippen LogP contribution is -1.95. The van der Waals surface area contributed by atoms with Crippen LogP contribution in [0, 0.1) is 0 Å². The molecule has 0 aliphatic carbocycles. The minimum Gasteiger partial charge on any atom is -0.251 e. The van der Waals surface area contributed by atoms with E-state index in [9.17, 15) is 0 Å². The van der Waals surface area contributed by atoms with Crippen molar-refractivity contribution in [3.63, 3.8) is 0 Å². The largest absolute Gasteiger partial charge is 0.251 e. The molecule has 50 valence electrons. The average molecular weight is 190 g/mol. The first kappa shape index (κ1) is 6.74. The monoisotopic (exact) mass is 189 g/mol. The van der Waals surface area contributed by atoms with E-state index in [1.54, 1.807) is 4.68 Å². The second-order valence-corrected chi connectivity index (χ2v) is 2.56. The highest BCUT2D eigenvalue weighted by Gasteiger charge is 2.02. The van der Waals surface area contributed by atoms with Crippen LogP contribution in [-0.2, 0) is 13.5 Å². The predicted octanol–water partition coefficient (Wildman–Crippen LogP) is 1.14. The molecule has 0 aromatic carbocycles. The highest BCUT2D eigenvalue weighted by atomic mass is 79.9. The average Bonchev–Trinajstić information content (AvgIpc) is 2.12. The molecule has 0 amide bonds. The summed E-state index contributed by atoms with van der Waals surface area (Å²) in [6, 6.07) is 0. The van der Waals surface area contributed by atoms with Crippen LogP contribution in [-0.4, -0.2) is 15.0 Å². The quantitative estimate of drug-likeness (QED) is 0.664. The van der Waals surface area contributed by atoms with E-state index in [0.29, 0.717) is 0 Å². The summed E-state index contributed by atoms with van der Waals surface area (Å²) in [5.41, 5.74) is 1.13. The Hall–Kier alpha value is -0.380. The van der Waals surface area contributed by atoms with Crippen molar-refractivity contribution in [1.29, 1.82) is 0 Å². The molecule has 0 saturated heterocycles. The van der Waals surface area contributed by atoms with E-state index in [0.717, 1.165) is 16.7 Å². The van der Waals surface area contributed by atoms with Gasteiger partial charge in [0.15, 0.2) is 4.60 Å². The molecule has 0 atom stereocenters. The molecule has 1 aromatic rings. The summed E-state index contributed by atoms with van der Waals surface area (Å²) in [6.07, 6.45) is 0.962. The summed E-state index contributed by atoms with van der Waals surface area (Å²) in [7, 11) is 1.89. The van der Waals surface area contributed by atoms with Gasteiger partial charge in [0, 0.05) is 7.05 Å². The molecule has 0 bridgehead atoms. The van der Waals surface area contributed by atoms with E-state index < -0.39 is 0 Å². The maximum Gasteiger partial charge on any atom is 0.151 e. The standard InChI is InChI=1S/C5H8BrN3/c1-3-4-5(6)7-8-9(4)2/h3H2,1-2H3. The van der Waals surface area contributed by atoms with Crippen LogP contribution >= 0.6 is 15.9 Å². The van der Waals surface area contributed by atoms with Gasteiger partial charge in [-0.1, -0.05) is 12.1 Å². The van der Waals surface area contributed by atoms with Crippen LogP contribution in [0.1, 0.15) is 12.6 Å². The SMILES string of the molecule is CCc1c(Br)nnn1C. The van der Waals surface area contributed by atoms with Crippen molar-refractivity contribution in [2.45, 2.75) is 13.3 Å². The number of hydrogen-bond donors (Lipinski definition) is 0. The molecule has 9 heavy (non-hydrogen) atoms. The second-order valence-electron chi connectivity index (χ2n) is 1.80. The first-order chi connectivity index (χ1) is 4.25. The fourth-order valence-corrected chi connectivity index (χ4v) is 1.33. The molecule has 0 aliphatic rings. The highest BCUT2D eigenvalue weighted by molar-refractivity contribution is 9.10. The molecule has 0 fully saturated rings. The molecule has 4 heteroatoms. The lowest BCUT2D eigenvalue weighted by atomic mass is 10.4. The molecule has 0 saturated carbocycles. The zero-order valence-electron chi connectivity index (χ0n) is 5.43. The van der Waals surface area contributed by atoms with Gasteiger partial charge >= 0.3 is 0 Å². The molecule has 0 N–H and O–H groups in total. The normalized spacial score (nSPS) is 10.1. The number of aryl methyl sites for hydroxylation is 1. The van der Waals surface area contributed by atoms with Crippen molar-refractivity contribution < 1.29 is 0 Å². The van der Waals surface area contributed by atoms with Gasteiger partial charge in [0.2, 0.25) is 0 Å². The summed E-state index contributed by atoms with van der Waals surface area (Å²) in [5.74, 6) is 0. The van der Waals surface area contributed by atoms with Crippen molar-refractivity contribution in [2.24, 2.45) is 7.05 Å². The van der Waals surface area contributed by atoms with Gasteiger partial charge in [0.25, 0.3) is 0 Å². The fourth-order valence-electron chi connectivity index (χ4n) is 0.726. The zero-order valence-corrected chi connectivity index (χ0v) is 7.01. The first-order valence-corrected chi connectivity index (χ1v) is 3.59. The Labute approximate surface area is 62.2 Å². The van der Waals surface area contributed by atoms with Crippen LogP contribution in [0.15, 0.2) is 4.60 Å². The van der Waals surface area contributed by atoms with Gasteiger partial charge in [-0.2, -0.15) is 0 Å². The molecule has 0 radical (unpaired) electrons. The minimum absolute atomic E-state index is 0.854. The van der Waals surface area contributed by atoms with Crippen molar-refractivity contribution >= 4 is 15.9 Å². The first-order valence-electron chi connectivity index (χ1n) is 2.79. The lowest BCUT2D eigenvalue weighted by Gasteiger charge is -1.92. The Bertz CT molecular complexity index is 186. The van der Waals surface area contributed by atoms with Gasteiger partial charge < -0.3 is 0 Å². The van der Waals surface area contributed by atoms with Crippen LogP contribution in [0.2, 0.25) is 0 Å². The van der Waals surface area contributed by atoms with Crippen LogP contribution in [0.25, 0.3) is 0 Å². The number of rotatable bonds is 1. The number of aromatic nitrogens is 3. The number of hydrogen-bond acceptors (Lipinski definition) is 2. The van der Waals surface area contributed by atoms with E-state index in [1.807, 2.05) is 7.05 Å². The number of nitrogens with zero attached hydrogens (tertiary/aromatic N) is 3. The van der Waals surface area contributed by atoms with Crippen molar-refractivity contribution in [3.05, 3.63) is 10.3 Å². The topological polar surface area (TPSA) is 30.7 Å². The van der Waals surface area contributed by atoms with Crippen molar-refractivity contribution in [3.8, 4) is 0 Å². The maximum atomic E-state index is 3.82. The maximum absolute atomic E-state index is 3.82. The van der Waals surface area contributed by atoms with E-state index in [1.165, 1.54) is 0 Å². The van der Waals surface area contributed by atoms with E-state index in [2.05, 4.69) is 33.2 Å². The van der Waals surface area contributed by atoms with Gasteiger partial charge in [-0.3, -0.25) is 4.68 Å². The minimum atomic E-state index is 0.854. The molecule has 1 aromatic heterocycles. The van der Waals surface area contributed by atoms with Gasteiger partial charge in [-0.05, 0) is 22.4 Å². The van der Waals surface area contributed by atoms with E-state index >= 15 is 0 Å². The van der Waals surface area contributed by atoms with Crippen molar-refractivity contribution in [1.82, 2.24) is 15.0 Å². The van der Waals surface area contributed by atoms with Crippen LogP contribution < -0.4 is 0 Å². The Morgan fingerprint density at radius 3 is 2.56 bits per heavy atom. The van der Waals surface area contributed by atoms with Crippen LogP contribution in [0.3, 0.4) is 0 Å². The molecular weight excluding hydrogens is 182 g/mol. The van der Waals surface area contributed by atoms with Crippen LogP contribution in [0.4, 0.5) is 0 Å².